The zero-order valence-corrected chi connectivity index (χ0v) is 19.6. The second-order valence-corrected chi connectivity index (χ2v) is 9.45. The highest BCUT2D eigenvalue weighted by molar-refractivity contribution is 6.00. The average Bonchev–Trinajstić information content (AvgIpc) is 3.37. The number of aliphatic hydroxyl groups is 1. The first-order chi connectivity index (χ1) is 16.7. The number of benzene rings is 3. The molecule has 1 N–H and O–H groups in total. The Morgan fingerprint density at radius 3 is 2.49 bits per heavy atom. The SMILES string of the molecule is C[C@H]1[C@H](Oc2ccc3c(cnn3-c3ccc(F)cc3)c2)c2ccc(F)cc2N1C(=O)C(C)(C)CO. The first-order valence-electron chi connectivity index (χ1n) is 11.3. The Balaban J connectivity index is 1.48. The first-order valence-corrected chi connectivity index (χ1v) is 11.3. The standard InChI is InChI=1S/C27H25F2N3O3/c1-16-25(22-10-6-19(29)13-24(22)31(16)26(34)27(2,3)15-33)35-21-9-11-23-17(12-21)14-30-32(23)20-7-4-18(28)5-8-20/h4-14,16,25,33H,15H2,1-3H3/t16-,25-/m0/s1. The fourth-order valence-corrected chi connectivity index (χ4v) is 4.45. The number of hydrogen-bond donors (Lipinski definition) is 1. The van der Waals surface area contributed by atoms with Crippen LogP contribution in [-0.4, -0.2) is 33.4 Å². The summed E-state index contributed by atoms with van der Waals surface area (Å²) in [6, 6.07) is 15.5. The largest absolute Gasteiger partial charge is 0.483 e. The van der Waals surface area contributed by atoms with Crippen LogP contribution in [0.4, 0.5) is 14.5 Å². The molecule has 2 atom stereocenters. The van der Waals surface area contributed by atoms with Crippen LogP contribution in [0.5, 0.6) is 5.75 Å². The highest BCUT2D eigenvalue weighted by Gasteiger charge is 2.45. The van der Waals surface area contributed by atoms with Gasteiger partial charge in [0.15, 0.2) is 0 Å². The number of carbonyl (C=O) groups is 1. The van der Waals surface area contributed by atoms with Gasteiger partial charge in [-0.25, -0.2) is 13.5 Å². The zero-order chi connectivity index (χ0) is 24.9. The van der Waals surface area contributed by atoms with E-state index in [4.69, 9.17) is 4.74 Å². The van der Waals surface area contributed by atoms with Crippen molar-refractivity contribution in [2.75, 3.05) is 11.5 Å². The average molecular weight is 478 g/mol. The van der Waals surface area contributed by atoms with E-state index >= 15 is 0 Å². The molecule has 4 aromatic rings. The maximum atomic E-state index is 14.1. The summed E-state index contributed by atoms with van der Waals surface area (Å²) in [4.78, 5) is 14.8. The monoisotopic (exact) mass is 477 g/mol. The fourth-order valence-electron chi connectivity index (χ4n) is 4.45. The minimum Gasteiger partial charge on any atom is -0.483 e. The molecule has 35 heavy (non-hydrogen) atoms. The van der Waals surface area contributed by atoms with E-state index in [1.54, 1.807) is 42.9 Å². The molecule has 6 nitrogen and oxygen atoms in total. The van der Waals surface area contributed by atoms with Crippen molar-refractivity contribution in [1.82, 2.24) is 9.78 Å². The molecule has 0 fully saturated rings. The van der Waals surface area contributed by atoms with Crippen LogP contribution in [0.25, 0.3) is 16.6 Å². The van der Waals surface area contributed by atoms with Crippen LogP contribution in [0.1, 0.15) is 32.4 Å². The smallest absolute Gasteiger partial charge is 0.235 e. The number of amides is 1. The predicted molar refractivity (Wildman–Crippen MR) is 129 cm³/mol. The fraction of sp³-hybridized carbons (Fsp3) is 0.259. The molecule has 0 bridgehead atoms. The van der Waals surface area contributed by atoms with Crippen LogP contribution < -0.4 is 9.64 Å². The van der Waals surface area contributed by atoms with Crippen molar-refractivity contribution in [3.05, 3.63) is 84.1 Å². The van der Waals surface area contributed by atoms with E-state index in [1.807, 2.05) is 25.1 Å². The van der Waals surface area contributed by atoms with Gasteiger partial charge in [0.1, 0.15) is 23.5 Å². The lowest BCUT2D eigenvalue weighted by Gasteiger charge is -2.32. The maximum absolute atomic E-state index is 14.1. The summed E-state index contributed by atoms with van der Waals surface area (Å²) in [6.45, 7) is 4.82. The van der Waals surface area contributed by atoms with Gasteiger partial charge >= 0.3 is 0 Å². The summed E-state index contributed by atoms with van der Waals surface area (Å²) in [5.41, 5.74) is 1.67. The molecule has 2 heterocycles. The molecule has 1 amide bonds. The van der Waals surface area contributed by atoms with Crippen LogP contribution in [0, 0.1) is 17.0 Å². The van der Waals surface area contributed by atoms with E-state index < -0.39 is 23.4 Å². The predicted octanol–water partition coefficient (Wildman–Crippen LogP) is 5.18. The Morgan fingerprint density at radius 2 is 1.77 bits per heavy atom. The molecule has 0 saturated heterocycles. The number of halogens is 2. The lowest BCUT2D eigenvalue weighted by molar-refractivity contribution is -0.129. The number of carbonyl (C=O) groups excluding carboxylic acids is 1. The Labute approximate surface area is 201 Å². The van der Waals surface area contributed by atoms with Gasteiger partial charge in [-0.05, 0) is 75.4 Å². The summed E-state index contributed by atoms with van der Waals surface area (Å²) >= 11 is 0. The minimum atomic E-state index is -1.03. The zero-order valence-electron chi connectivity index (χ0n) is 19.6. The molecule has 3 aromatic carbocycles. The van der Waals surface area contributed by atoms with E-state index in [2.05, 4.69) is 5.10 Å². The summed E-state index contributed by atoms with van der Waals surface area (Å²) in [5.74, 6) is -0.507. The van der Waals surface area contributed by atoms with Gasteiger partial charge in [-0.2, -0.15) is 5.10 Å². The summed E-state index contributed by atoms with van der Waals surface area (Å²) in [6.07, 6.45) is 1.17. The maximum Gasteiger partial charge on any atom is 0.235 e. The molecule has 180 valence electrons. The number of nitrogens with zero attached hydrogens (tertiary/aromatic N) is 3. The normalized spacial score (nSPS) is 17.6. The Kier molecular flexibility index (Phi) is 5.56. The second-order valence-electron chi connectivity index (χ2n) is 9.45. The van der Waals surface area contributed by atoms with Crippen LogP contribution in [0.3, 0.4) is 0 Å². The first kappa shape index (κ1) is 23.0. The third-order valence-corrected chi connectivity index (χ3v) is 6.47. The van der Waals surface area contributed by atoms with Crippen LogP contribution in [-0.2, 0) is 4.79 Å². The molecule has 5 rings (SSSR count). The van der Waals surface area contributed by atoms with Crippen molar-refractivity contribution >= 4 is 22.5 Å². The molecular formula is C27H25F2N3O3. The van der Waals surface area contributed by atoms with Gasteiger partial charge in [-0.1, -0.05) is 6.07 Å². The molecule has 1 aliphatic heterocycles. The third kappa shape index (κ3) is 3.93. The van der Waals surface area contributed by atoms with Gasteiger partial charge in [0, 0.05) is 10.9 Å². The molecule has 0 radical (unpaired) electrons. The van der Waals surface area contributed by atoms with Crippen molar-refractivity contribution in [1.29, 1.82) is 0 Å². The van der Waals surface area contributed by atoms with Crippen molar-refractivity contribution in [3.8, 4) is 11.4 Å². The van der Waals surface area contributed by atoms with Crippen molar-refractivity contribution in [2.24, 2.45) is 5.41 Å². The molecular weight excluding hydrogens is 452 g/mol. The highest BCUT2D eigenvalue weighted by Crippen LogP contribution is 2.44. The van der Waals surface area contributed by atoms with Crippen LogP contribution in [0.15, 0.2) is 66.9 Å². The molecule has 0 unspecified atom stereocenters. The number of aromatic nitrogens is 2. The van der Waals surface area contributed by atoms with Gasteiger partial charge in [-0.15, -0.1) is 0 Å². The van der Waals surface area contributed by atoms with E-state index in [0.29, 0.717) is 17.0 Å². The topological polar surface area (TPSA) is 67.6 Å². The highest BCUT2D eigenvalue weighted by atomic mass is 19.1. The summed E-state index contributed by atoms with van der Waals surface area (Å²) < 4.78 is 35.5. The minimum absolute atomic E-state index is 0.304. The Hall–Kier alpha value is -3.78. The number of aliphatic hydroxyl groups excluding tert-OH is 1. The van der Waals surface area contributed by atoms with E-state index in [9.17, 15) is 18.7 Å². The molecule has 0 aliphatic carbocycles. The van der Waals surface area contributed by atoms with E-state index in [-0.39, 0.29) is 18.3 Å². The van der Waals surface area contributed by atoms with Crippen molar-refractivity contribution in [3.63, 3.8) is 0 Å². The van der Waals surface area contributed by atoms with Crippen molar-refractivity contribution in [2.45, 2.75) is 32.9 Å². The lowest BCUT2D eigenvalue weighted by Crippen LogP contribution is -2.47. The number of hydrogen-bond acceptors (Lipinski definition) is 4. The van der Waals surface area contributed by atoms with Gasteiger partial charge in [0.25, 0.3) is 0 Å². The number of anilines is 1. The van der Waals surface area contributed by atoms with Gasteiger partial charge in [-0.3, -0.25) is 4.79 Å². The van der Waals surface area contributed by atoms with Gasteiger partial charge < -0.3 is 14.7 Å². The van der Waals surface area contributed by atoms with Gasteiger partial charge in [0.2, 0.25) is 5.91 Å². The molecule has 8 heteroatoms. The second kappa shape index (κ2) is 8.46. The van der Waals surface area contributed by atoms with E-state index in [0.717, 1.165) is 16.6 Å². The third-order valence-electron chi connectivity index (χ3n) is 6.47. The summed E-state index contributed by atoms with van der Waals surface area (Å²) in [5, 5.41) is 15.0. The number of rotatable bonds is 5. The number of fused-ring (bicyclic) bond motifs is 2. The quantitative estimate of drug-likeness (QED) is 0.430. The van der Waals surface area contributed by atoms with Gasteiger partial charge in [0.05, 0.1) is 41.2 Å². The van der Waals surface area contributed by atoms with Crippen LogP contribution in [0.2, 0.25) is 0 Å². The Bertz CT molecular complexity index is 1420. The van der Waals surface area contributed by atoms with E-state index in [1.165, 1.54) is 29.2 Å². The van der Waals surface area contributed by atoms with Crippen molar-refractivity contribution < 1.29 is 23.4 Å². The molecule has 1 aliphatic rings. The lowest BCUT2D eigenvalue weighted by atomic mass is 9.92. The Morgan fingerprint density at radius 1 is 1.06 bits per heavy atom. The van der Waals surface area contributed by atoms with Crippen LogP contribution >= 0.6 is 0 Å². The molecule has 0 spiro atoms. The summed E-state index contributed by atoms with van der Waals surface area (Å²) in [7, 11) is 0. The molecule has 1 aromatic heterocycles. The number of ether oxygens (including phenoxy) is 1. The molecule has 0 saturated carbocycles.